The van der Waals surface area contributed by atoms with Crippen LogP contribution < -0.4 is 11.1 Å². The third kappa shape index (κ3) is 3.89. The van der Waals surface area contributed by atoms with Gasteiger partial charge in [0.05, 0.1) is 25.3 Å². The highest BCUT2D eigenvalue weighted by atomic mass is 16.7. The van der Waals surface area contributed by atoms with Crippen LogP contribution >= 0.6 is 0 Å². The quantitative estimate of drug-likeness (QED) is 0.234. The number of carbonyl (C=O) groups excluding carboxylic acids is 1. The highest BCUT2D eigenvalue weighted by Gasteiger charge is 2.53. The Morgan fingerprint density at radius 1 is 1.41 bits per heavy atom. The third-order valence-corrected chi connectivity index (χ3v) is 3.35. The third-order valence-electron chi connectivity index (χ3n) is 3.35. The van der Waals surface area contributed by atoms with Gasteiger partial charge in [0.1, 0.15) is 18.3 Å². The number of nitrogens with two attached hydrogens (primary N) is 1. The van der Waals surface area contributed by atoms with Crippen molar-refractivity contribution in [2.45, 2.75) is 42.7 Å². The van der Waals surface area contributed by atoms with E-state index in [0.29, 0.717) is 0 Å². The Morgan fingerprint density at radius 3 is 2.45 bits per heavy atom. The van der Waals surface area contributed by atoms with Crippen molar-refractivity contribution >= 4 is 11.9 Å². The molecule has 1 aliphatic rings. The first-order valence-corrected chi connectivity index (χ1v) is 6.44. The van der Waals surface area contributed by atoms with E-state index in [0.717, 1.165) is 0 Å². The molecule has 1 aliphatic heterocycles. The molecule has 0 spiro atoms. The van der Waals surface area contributed by atoms with Crippen LogP contribution in [0.2, 0.25) is 0 Å². The lowest BCUT2D eigenvalue weighted by Crippen LogP contribution is -2.67. The van der Waals surface area contributed by atoms with Crippen molar-refractivity contribution < 1.29 is 45.0 Å². The van der Waals surface area contributed by atoms with Crippen molar-refractivity contribution in [2.75, 3.05) is 13.2 Å². The smallest absolute Gasteiger partial charge is 0.364 e. The van der Waals surface area contributed by atoms with Gasteiger partial charge < -0.3 is 46.4 Å². The Morgan fingerprint density at radius 2 is 2.00 bits per heavy atom. The van der Waals surface area contributed by atoms with Gasteiger partial charge >= 0.3 is 5.97 Å². The van der Waals surface area contributed by atoms with Gasteiger partial charge in [-0.3, -0.25) is 4.79 Å². The van der Waals surface area contributed by atoms with Gasteiger partial charge in [-0.05, 0) is 0 Å². The fraction of sp³-hybridized carbons (Fsp3) is 0.818. The molecule has 1 heterocycles. The molecule has 0 aromatic heterocycles. The highest BCUT2D eigenvalue weighted by Crippen LogP contribution is 2.30. The van der Waals surface area contributed by atoms with Crippen LogP contribution in [-0.4, -0.2) is 91.9 Å². The summed E-state index contributed by atoms with van der Waals surface area (Å²) in [7, 11) is 0. The lowest BCUT2D eigenvalue weighted by Gasteiger charge is -2.44. The number of aliphatic hydroxyl groups is 5. The van der Waals surface area contributed by atoms with E-state index in [9.17, 15) is 30.0 Å². The molecule has 11 heteroatoms. The summed E-state index contributed by atoms with van der Waals surface area (Å²) in [6.07, 6.45) is -7.70. The maximum Gasteiger partial charge on any atom is 0.364 e. The number of aliphatic carboxylic acids is 1. The van der Waals surface area contributed by atoms with Gasteiger partial charge in [0, 0.05) is 6.42 Å². The van der Waals surface area contributed by atoms with Gasteiger partial charge in [0.15, 0.2) is 0 Å². The minimum atomic E-state index is -2.82. The summed E-state index contributed by atoms with van der Waals surface area (Å²) in [6.45, 7) is -1.34. The number of rotatable bonds is 6. The molecule has 0 aromatic rings. The monoisotopic (exact) mass is 324 g/mol. The summed E-state index contributed by atoms with van der Waals surface area (Å²) in [5.41, 5.74) is 5.11. The largest absolute Gasteiger partial charge is 0.477 e. The van der Waals surface area contributed by atoms with E-state index < -0.39 is 67.7 Å². The summed E-state index contributed by atoms with van der Waals surface area (Å²) in [4.78, 5) is 22.4. The van der Waals surface area contributed by atoms with E-state index in [1.165, 1.54) is 0 Å². The lowest BCUT2D eigenvalue weighted by atomic mass is 9.88. The molecular weight excluding hydrogens is 304 g/mol. The van der Waals surface area contributed by atoms with Crippen molar-refractivity contribution in [3.8, 4) is 0 Å². The van der Waals surface area contributed by atoms with Gasteiger partial charge in [-0.2, -0.15) is 0 Å². The van der Waals surface area contributed by atoms with Crippen LogP contribution in [0.15, 0.2) is 0 Å². The van der Waals surface area contributed by atoms with Crippen LogP contribution in [0.4, 0.5) is 0 Å². The number of ether oxygens (including phenoxy) is 1. The van der Waals surface area contributed by atoms with Crippen LogP contribution in [0.25, 0.3) is 0 Å². The predicted molar refractivity (Wildman–Crippen MR) is 68.2 cm³/mol. The molecule has 1 amide bonds. The van der Waals surface area contributed by atoms with Gasteiger partial charge in [-0.25, -0.2) is 4.79 Å². The minimum Gasteiger partial charge on any atom is -0.477 e. The topological polar surface area (TPSA) is 203 Å². The number of hydrogen-bond donors (Lipinski definition) is 8. The van der Waals surface area contributed by atoms with Gasteiger partial charge in [0.2, 0.25) is 5.91 Å². The number of aliphatic hydroxyl groups excluding tert-OH is 4. The number of carbonyl (C=O) groups is 2. The first kappa shape index (κ1) is 18.7. The average Bonchev–Trinajstić information content (AvgIpc) is 2.47. The maximum atomic E-state index is 11.4. The normalized spacial score (nSPS) is 34.7. The second kappa shape index (κ2) is 7.28. The average molecular weight is 324 g/mol. The Hall–Kier alpha value is -1.34. The second-order valence-corrected chi connectivity index (χ2v) is 4.98. The molecule has 11 nitrogen and oxygen atoms in total. The van der Waals surface area contributed by atoms with Crippen molar-refractivity contribution in [1.82, 2.24) is 5.32 Å². The Balaban J connectivity index is 3.07. The molecule has 1 saturated heterocycles. The summed E-state index contributed by atoms with van der Waals surface area (Å²) in [6, 6.07) is -1.34. The standard InChI is InChI=1S/C11H20N2O9/c12-2-6(17)13-7-4(15)1-11(21,10(19)20)22-9(7)8(18)5(16)3-14/h4-5,7-9,14-16,18,21H,1-3,12H2,(H,13,17)(H,19,20)/t4-,5?,7+,8?,9+,11?/m0/s1. The molecule has 1 fully saturated rings. The minimum absolute atomic E-state index is 0.447. The zero-order valence-corrected chi connectivity index (χ0v) is 11.5. The van der Waals surface area contributed by atoms with Crippen molar-refractivity contribution in [3.05, 3.63) is 0 Å². The second-order valence-electron chi connectivity index (χ2n) is 4.98. The van der Waals surface area contributed by atoms with Gasteiger partial charge in [-0.1, -0.05) is 0 Å². The molecule has 3 unspecified atom stereocenters. The maximum absolute atomic E-state index is 11.4. The van der Waals surface area contributed by atoms with Crippen LogP contribution in [0, 0.1) is 0 Å². The highest BCUT2D eigenvalue weighted by molar-refractivity contribution is 5.78. The lowest BCUT2D eigenvalue weighted by molar-refractivity contribution is -0.295. The van der Waals surface area contributed by atoms with Crippen LogP contribution in [0.1, 0.15) is 6.42 Å². The van der Waals surface area contributed by atoms with Gasteiger partial charge in [-0.15, -0.1) is 0 Å². The molecule has 0 radical (unpaired) electrons. The molecule has 0 aromatic carbocycles. The van der Waals surface area contributed by atoms with E-state index in [1.54, 1.807) is 0 Å². The van der Waals surface area contributed by atoms with Crippen LogP contribution in [0.3, 0.4) is 0 Å². The molecule has 0 aliphatic carbocycles. The van der Waals surface area contributed by atoms with Gasteiger partial charge in [0.25, 0.3) is 5.79 Å². The molecule has 1 rings (SSSR count). The SMILES string of the molecule is NCC(=O)N[C@@H]1[C@@H](O)CC(O)(C(=O)O)O[C@H]1C(O)C(O)CO. The number of carboxylic acid groups (broad SMARTS) is 1. The molecule has 6 atom stereocenters. The van der Waals surface area contributed by atoms with Crippen molar-refractivity contribution in [1.29, 1.82) is 0 Å². The van der Waals surface area contributed by atoms with E-state index in [4.69, 9.17) is 20.7 Å². The molecule has 0 saturated carbocycles. The van der Waals surface area contributed by atoms with E-state index in [1.807, 2.05) is 0 Å². The zero-order valence-electron chi connectivity index (χ0n) is 11.5. The van der Waals surface area contributed by atoms with Crippen molar-refractivity contribution in [2.24, 2.45) is 5.73 Å². The molecule has 22 heavy (non-hydrogen) atoms. The molecule has 128 valence electrons. The summed E-state index contributed by atoms with van der Waals surface area (Å²) < 4.78 is 4.87. The first-order chi connectivity index (χ1) is 10.2. The van der Waals surface area contributed by atoms with E-state index in [2.05, 4.69) is 5.32 Å². The summed E-state index contributed by atoms with van der Waals surface area (Å²) in [5.74, 6) is -5.36. The molecule has 0 bridgehead atoms. The fourth-order valence-electron chi connectivity index (χ4n) is 2.15. The molecular formula is C11H20N2O9. The predicted octanol–water partition coefficient (Wildman–Crippen LogP) is -4.93. The van der Waals surface area contributed by atoms with E-state index in [-0.39, 0.29) is 0 Å². The zero-order chi connectivity index (χ0) is 17.1. The molecule has 9 N–H and O–H groups in total. The fourth-order valence-corrected chi connectivity index (χ4v) is 2.15. The first-order valence-electron chi connectivity index (χ1n) is 6.44. The number of nitrogens with one attached hydrogen (secondary N) is 1. The van der Waals surface area contributed by atoms with E-state index >= 15 is 0 Å². The van der Waals surface area contributed by atoms with Crippen LogP contribution in [0.5, 0.6) is 0 Å². The Labute approximate surface area is 124 Å². The van der Waals surface area contributed by atoms with Crippen LogP contribution in [-0.2, 0) is 14.3 Å². The Bertz CT molecular complexity index is 420. The number of hydrogen-bond acceptors (Lipinski definition) is 9. The number of amides is 1. The van der Waals surface area contributed by atoms with Crippen molar-refractivity contribution in [3.63, 3.8) is 0 Å². The summed E-state index contributed by atoms with van der Waals surface area (Å²) >= 11 is 0. The number of carboxylic acids is 1. The Kier molecular flexibility index (Phi) is 6.19. The summed E-state index contributed by atoms with van der Waals surface area (Å²) in [5, 5.41) is 59.1.